The number of para-hydroxylation sites is 1. The van der Waals surface area contributed by atoms with Crippen LogP contribution in [0.2, 0.25) is 0 Å². The quantitative estimate of drug-likeness (QED) is 0.371. The van der Waals surface area contributed by atoms with E-state index < -0.39 is 0 Å². The minimum atomic E-state index is 0.187. The first-order valence-electron chi connectivity index (χ1n) is 7.35. The van der Waals surface area contributed by atoms with Crippen LogP contribution in [0.15, 0.2) is 29.4 Å². The van der Waals surface area contributed by atoms with Crippen molar-refractivity contribution in [3.63, 3.8) is 0 Å². The van der Waals surface area contributed by atoms with E-state index in [1.54, 1.807) is 0 Å². The molecule has 3 rings (SSSR count). The van der Waals surface area contributed by atoms with E-state index in [0.29, 0.717) is 6.04 Å². The number of piperazine rings is 1. The van der Waals surface area contributed by atoms with Crippen molar-refractivity contribution in [1.29, 1.82) is 0 Å². The highest BCUT2D eigenvalue weighted by atomic mass is 16.4. The van der Waals surface area contributed by atoms with E-state index in [0.717, 1.165) is 30.9 Å². The highest BCUT2D eigenvalue weighted by Gasteiger charge is 2.29. The molecule has 5 nitrogen and oxygen atoms in total. The summed E-state index contributed by atoms with van der Waals surface area (Å²) >= 11 is 0. The minimum Gasteiger partial charge on any atom is -0.409 e. The fourth-order valence-corrected chi connectivity index (χ4v) is 3.39. The lowest BCUT2D eigenvalue weighted by Crippen LogP contribution is -2.55. The zero-order valence-corrected chi connectivity index (χ0v) is 11.7. The Hall–Kier alpha value is -1.75. The van der Waals surface area contributed by atoms with Crippen LogP contribution < -0.4 is 10.6 Å². The summed E-state index contributed by atoms with van der Waals surface area (Å²) in [7, 11) is 0. The van der Waals surface area contributed by atoms with E-state index in [1.807, 2.05) is 18.2 Å². The molecule has 1 aromatic carbocycles. The number of benzene rings is 1. The van der Waals surface area contributed by atoms with Gasteiger partial charge in [0.1, 0.15) is 0 Å². The van der Waals surface area contributed by atoms with Crippen molar-refractivity contribution in [2.75, 3.05) is 31.1 Å². The van der Waals surface area contributed by atoms with Gasteiger partial charge in [-0.2, -0.15) is 0 Å². The van der Waals surface area contributed by atoms with Gasteiger partial charge in [-0.1, -0.05) is 23.7 Å². The summed E-state index contributed by atoms with van der Waals surface area (Å²) in [6, 6.07) is 8.56. The number of amidine groups is 1. The molecule has 0 bridgehead atoms. The molecule has 0 aliphatic carbocycles. The van der Waals surface area contributed by atoms with Crippen LogP contribution in [0.1, 0.15) is 24.8 Å². The molecule has 1 unspecified atom stereocenters. The molecule has 2 fully saturated rings. The lowest BCUT2D eigenvalue weighted by molar-refractivity contribution is 0.133. The van der Waals surface area contributed by atoms with Crippen molar-refractivity contribution in [2.45, 2.75) is 25.3 Å². The summed E-state index contributed by atoms with van der Waals surface area (Å²) < 4.78 is 0. The summed E-state index contributed by atoms with van der Waals surface area (Å²) in [6.45, 7) is 4.39. The number of fused-ring (bicyclic) bond motifs is 1. The number of hydrogen-bond donors (Lipinski definition) is 2. The van der Waals surface area contributed by atoms with Crippen molar-refractivity contribution in [1.82, 2.24) is 4.90 Å². The number of nitrogens with zero attached hydrogens (tertiary/aromatic N) is 3. The van der Waals surface area contributed by atoms with Crippen molar-refractivity contribution in [3.8, 4) is 0 Å². The molecule has 0 saturated carbocycles. The number of rotatable bonds is 2. The highest BCUT2D eigenvalue weighted by Crippen LogP contribution is 2.27. The maximum Gasteiger partial charge on any atom is 0.172 e. The average molecular weight is 274 g/mol. The Morgan fingerprint density at radius 3 is 2.90 bits per heavy atom. The second kappa shape index (κ2) is 5.71. The molecule has 3 N–H and O–H groups in total. The van der Waals surface area contributed by atoms with Crippen molar-refractivity contribution in [2.24, 2.45) is 10.9 Å². The smallest absolute Gasteiger partial charge is 0.172 e. The maximum absolute atomic E-state index is 8.93. The molecule has 2 aliphatic rings. The topological polar surface area (TPSA) is 65.1 Å². The van der Waals surface area contributed by atoms with Crippen LogP contribution in [0.4, 0.5) is 5.69 Å². The summed E-state index contributed by atoms with van der Waals surface area (Å²) in [4.78, 5) is 4.98. The van der Waals surface area contributed by atoms with Crippen LogP contribution in [-0.4, -0.2) is 48.2 Å². The molecule has 0 amide bonds. The molecule has 20 heavy (non-hydrogen) atoms. The zero-order valence-electron chi connectivity index (χ0n) is 11.7. The normalized spacial score (nSPS) is 24.5. The van der Waals surface area contributed by atoms with Gasteiger partial charge in [-0.3, -0.25) is 4.90 Å². The molecule has 0 radical (unpaired) electrons. The predicted octanol–water partition coefficient (Wildman–Crippen LogP) is 1.46. The lowest BCUT2D eigenvalue weighted by atomic mass is 9.98. The molecular formula is C15H22N4O. The lowest BCUT2D eigenvalue weighted by Gasteiger charge is -2.45. The average Bonchev–Trinajstić information content (AvgIpc) is 2.53. The van der Waals surface area contributed by atoms with Gasteiger partial charge in [0.05, 0.1) is 0 Å². The fraction of sp³-hybridized carbons (Fsp3) is 0.533. The Balaban J connectivity index is 1.83. The van der Waals surface area contributed by atoms with Crippen molar-refractivity contribution in [3.05, 3.63) is 29.8 Å². The molecular weight excluding hydrogens is 252 g/mol. The minimum absolute atomic E-state index is 0.187. The van der Waals surface area contributed by atoms with Crippen molar-refractivity contribution < 1.29 is 5.21 Å². The van der Waals surface area contributed by atoms with Crippen LogP contribution in [0.3, 0.4) is 0 Å². The van der Waals surface area contributed by atoms with Gasteiger partial charge in [0.15, 0.2) is 5.84 Å². The summed E-state index contributed by atoms with van der Waals surface area (Å²) in [5.41, 5.74) is 7.69. The van der Waals surface area contributed by atoms with Gasteiger partial charge in [0.2, 0.25) is 0 Å². The first kappa shape index (κ1) is 13.2. The van der Waals surface area contributed by atoms with E-state index in [1.165, 1.54) is 25.8 Å². The molecule has 2 saturated heterocycles. The van der Waals surface area contributed by atoms with Gasteiger partial charge in [-0.05, 0) is 31.5 Å². The predicted molar refractivity (Wildman–Crippen MR) is 80.4 cm³/mol. The van der Waals surface area contributed by atoms with Gasteiger partial charge >= 0.3 is 0 Å². The number of anilines is 1. The van der Waals surface area contributed by atoms with Gasteiger partial charge in [-0.15, -0.1) is 0 Å². The number of oxime groups is 1. The van der Waals surface area contributed by atoms with Crippen LogP contribution in [0.25, 0.3) is 0 Å². The molecule has 1 atom stereocenters. The van der Waals surface area contributed by atoms with E-state index in [9.17, 15) is 0 Å². The van der Waals surface area contributed by atoms with E-state index in [4.69, 9.17) is 10.9 Å². The van der Waals surface area contributed by atoms with Crippen LogP contribution in [0, 0.1) is 0 Å². The summed E-state index contributed by atoms with van der Waals surface area (Å²) in [6.07, 6.45) is 3.94. The molecule has 108 valence electrons. The maximum atomic E-state index is 8.93. The number of hydrogen-bond acceptors (Lipinski definition) is 4. The first-order chi connectivity index (χ1) is 9.79. The highest BCUT2D eigenvalue weighted by molar-refractivity contribution is 6.02. The number of piperidine rings is 1. The van der Waals surface area contributed by atoms with E-state index in [2.05, 4.69) is 21.0 Å². The van der Waals surface area contributed by atoms with Crippen LogP contribution in [0.5, 0.6) is 0 Å². The molecule has 2 aliphatic heterocycles. The van der Waals surface area contributed by atoms with Crippen molar-refractivity contribution >= 4 is 11.5 Å². The Morgan fingerprint density at radius 1 is 1.20 bits per heavy atom. The Labute approximate surface area is 119 Å². The third-order valence-electron chi connectivity index (χ3n) is 4.47. The standard InChI is InChI=1S/C15H22N4O/c16-15(17-20)13-6-1-2-7-14(13)19-10-9-18-8-4-3-5-12(18)11-19/h1-2,6-7,12,20H,3-5,8-11H2,(H2,16,17). The Morgan fingerprint density at radius 2 is 2.05 bits per heavy atom. The summed E-state index contributed by atoms with van der Waals surface area (Å²) in [5, 5.41) is 12.1. The second-order valence-electron chi connectivity index (χ2n) is 5.63. The third kappa shape index (κ3) is 2.45. The molecule has 5 heteroatoms. The van der Waals surface area contributed by atoms with Crippen LogP contribution >= 0.6 is 0 Å². The Kier molecular flexibility index (Phi) is 3.78. The van der Waals surface area contributed by atoms with Gasteiger partial charge in [-0.25, -0.2) is 0 Å². The number of nitrogens with two attached hydrogens (primary N) is 1. The SMILES string of the molecule is N/C(=N/O)c1ccccc1N1CCN2CCCCC2C1. The van der Waals surface area contributed by atoms with Gasteiger partial charge < -0.3 is 15.8 Å². The fourth-order valence-electron chi connectivity index (χ4n) is 3.39. The molecule has 2 heterocycles. The second-order valence-corrected chi connectivity index (χ2v) is 5.63. The molecule has 0 spiro atoms. The summed E-state index contributed by atoms with van der Waals surface area (Å²) in [5.74, 6) is 0.187. The molecule has 1 aromatic rings. The first-order valence-corrected chi connectivity index (χ1v) is 7.35. The largest absolute Gasteiger partial charge is 0.409 e. The van der Waals surface area contributed by atoms with E-state index >= 15 is 0 Å². The monoisotopic (exact) mass is 274 g/mol. The van der Waals surface area contributed by atoms with Crippen LogP contribution in [-0.2, 0) is 0 Å². The zero-order chi connectivity index (χ0) is 13.9. The van der Waals surface area contributed by atoms with Gasteiger partial charge in [0.25, 0.3) is 0 Å². The molecule has 0 aromatic heterocycles. The van der Waals surface area contributed by atoms with E-state index in [-0.39, 0.29) is 5.84 Å². The third-order valence-corrected chi connectivity index (χ3v) is 4.47. The Bertz CT molecular complexity index is 502. The van der Waals surface area contributed by atoms with Gasteiger partial charge in [0, 0.05) is 36.9 Å².